The summed E-state index contributed by atoms with van der Waals surface area (Å²) in [7, 11) is 1.52. The fourth-order valence-corrected chi connectivity index (χ4v) is 2.06. The number of rotatable bonds is 3. The minimum atomic E-state index is -0.123. The smallest absolute Gasteiger partial charge is 0.208 e. The second-order valence-electron chi connectivity index (χ2n) is 3.04. The van der Waals surface area contributed by atoms with Crippen LogP contribution in [0.4, 0.5) is 0 Å². The molecular weight excluding hydrogens is 246 g/mol. The minimum Gasteiger partial charge on any atom is -0.496 e. The van der Waals surface area contributed by atoms with Crippen molar-refractivity contribution >= 4 is 28.7 Å². The van der Waals surface area contributed by atoms with E-state index in [1.807, 2.05) is 0 Å². The Morgan fingerprint density at radius 2 is 2.31 bits per heavy atom. The lowest BCUT2D eigenvalue weighted by atomic mass is 10.1. The minimum absolute atomic E-state index is 0.123. The van der Waals surface area contributed by atoms with Gasteiger partial charge in [0.05, 0.1) is 23.1 Å². The summed E-state index contributed by atoms with van der Waals surface area (Å²) in [4.78, 5) is 16.5. The first-order chi connectivity index (χ1) is 7.72. The number of ether oxygens (including phenoxy) is 1. The van der Waals surface area contributed by atoms with E-state index in [0.717, 1.165) is 0 Å². The molecule has 0 saturated carbocycles. The van der Waals surface area contributed by atoms with Crippen LogP contribution in [0.1, 0.15) is 15.2 Å². The molecule has 0 unspecified atom stereocenters. The van der Waals surface area contributed by atoms with Crippen LogP contribution in [0.2, 0.25) is 5.02 Å². The largest absolute Gasteiger partial charge is 0.496 e. The Morgan fingerprint density at radius 1 is 1.50 bits per heavy atom. The van der Waals surface area contributed by atoms with Gasteiger partial charge in [0.25, 0.3) is 0 Å². The fraction of sp³-hybridized carbons (Fsp3) is 0.0909. The van der Waals surface area contributed by atoms with Crippen molar-refractivity contribution in [2.45, 2.75) is 0 Å². The van der Waals surface area contributed by atoms with Gasteiger partial charge >= 0.3 is 0 Å². The van der Waals surface area contributed by atoms with Gasteiger partial charge in [-0.15, -0.1) is 11.3 Å². The van der Waals surface area contributed by atoms with E-state index in [1.54, 1.807) is 23.7 Å². The molecule has 0 spiro atoms. The molecule has 1 aromatic heterocycles. The molecule has 2 aromatic rings. The van der Waals surface area contributed by atoms with Gasteiger partial charge in [0.15, 0.2) is 0 Å². The number of benzene rings is 1. The quantitative estimate of drug-likeness (QED) is 0.790. The molecule has 0 saturated heterocycles. The Kier molecular flexibility index (Phi) is 3.22. The van der Waals surface area contributed by atoms with E-state index >= 15 is 0 Å². The van der Waals surface area contributed by atoms with E-state index in [-0.39, 0.29) is 5.78 Å². The molecular formula is C11H8ClNO2S. The summed E-state index contributed by atoms with van der Waals surface area (Å²) in [5.41, 5.74) is 2.07. The third kappa shape index (κ3) is 2.08. The maximum absolute atomic E-state index is 12.1. The average Bonchev–Trinajstić information content (AvgIpc) is 2.81. The lowest BCUT2D eigenvalue weighted by Crippen LogP contribution is -2.01. The van der Waals surface area contributed by atoms with Crippen molar-refractivity contribution in [2.24, 2.45) is 0 Å². The molecule has 2 rings (SSSR count). The van der Waals surface area contributed by atoms with E-state index in [1.165, 1.54) is 24.6 Å². The second-order valence-corrected chi connectivity index (χ2v) is 4.36. The van der Waals surface area contributed by atoms with Crippen molar-refractivity contribution in [1.29, 1.82) is 0 Å². The Labute approximate surface area is 102 Å². The summed E-state index contributed by atoms with van der Waals surface area (Å²) in [6.07, 6.45) is 1.54. The monoisotopic (exact) mass is 253 g/mol. The van der Waals surface area contributed by atoms with Gasteiger partial charge in [0.2, 0.25) is 5.78 Å². The highest BCUT2D eigenvalue weighted by Crippen LogP contribution is 2.26. The molecule has 82 valence electrons. The number of nitrogens with zero attached hydrogens (tertiary/aromatic N) is 1. The normalized spacial score (nSPS) is 10.1. The molecule has 0 aliphatic heterocycles. The molecule has 0 fully saturated rings. The molecule has 1 heterocycles. The van der Waals surface area contributed by atoms with Crippen LogP contribution in [-0.4, -0.2) is 17.9 Å². The molecule has 3 nitrogen and oxygen atoms in total. The highest BCUT2D eigenvalue weighted by atomic mass is 35.5. The highest BCUT2D eigenvalue weighted by molar-refractivity contribution is 7.11. The number of methoxy groups -OCH3 is 1. The van der Waals surface area contributed by atoms with Crippen LogP contribution in [0.5, 0.6) is 5.75 Å². The number of halogens is 1. The molecule has 5 heteroatoms. The number of thiazole rings is 1. The summed E-state index contributed by atoms with van der Waals surface area (Å²) < 4.78 is 5.12. The van der Waals surface area contributed by atoms with E-state index < -0.39 is 0 Å². The number of carbonyl (C=O) groups excluding carboxylic acids is 1. The second kappa shape index (κ2) is 4.63. The highest BCUT2D eigenvalue weighted by Gasteiger charge is 2.16. The van der Waals surface area contributed by atoms with Crippen LogP contribution in [0, 0.1) is 0 Å². The standard InChI is InChI=1S/C11H8ClNO2S/c1-15-9-3-2-7(12)4-8(9)11(14)10-5-13-6-16-10/h2-6H,1H3. The predicted molar refractivity (Wildman–Crippen MR) is 63.6 cm³/mol. The van der Waals surface area contributed by atoms with Crippen LogP contribution >= 0.6 is 22.9 Å². The lowest BCUT2D eigenvalue weighted by molar-refractivity contribution is 0.103. The van der Waals surface area contributed by atoms with Crippen LogP contribution in [0.3, 0.4) is 0 Å². The summed E-state index contributed by atoms with van der Waals surface area (Å²) in [6, 6.07) is 4.96. The van der Waals surface area contributed by atoms with Gasteiger partial charge in [-0.1, -0.05) is 11.6 Å². The van der Waals surface area contributed by atoms with Gasteiger partial charge in [-0.3, -0.25) is 9.78 Å². The third-order valence-electron chi connectivity index (χ3n) is 2.06. The van der Waals surface area contributed by atoms with Crippen molar-refractivity contribution in [3.63, 3.8) is 0 Å². The topological polar surface area (TPSA) is 39.2 Å². The van der Waals surface area contributed by atoms with E-state index in [2.05, 4.69) is 4.98 Å². The Bertz CT molecular complexity index is 511. The van der Waals surface area contributed by atoms with Crippen LogP contribution < -0.4 is 4.74 Å². The van der Waals surface area contributed by atoms with Gasteiger partial charge in [-0.2, -0.15) is 0 Å². The van der Waals surface area contributed by atoms with Gasteiger partial charge in [-0.25, -0.2) is 0 Å². The van der Waals surface area contributed by atoms with E-state index in [9.17, 15) is 4.79 Å². The average molecular weight is 254 g/mol. The predicted octanol–water partition coefficient (Wildman–Crippen LogP) is 3.04. The molecule has 0 bridgehead atoms. The molecule has 0 N–H and O–H groups in total. The maximum Gasteiger partial charge on any atom is 0.208 e. The number of aromatic nitrogens is 1. The van der Waals surface area contributed by atoms with Crippen molar-refractivity contribution in [2.75, 3.05) is 7.11 Å². The van der Waals surface area contributed by atoms with Crippen molar-refractivity contribution in [3.8, 4) is 5.75 Å². The number of carbonyl (C=O) groups is 1. The summed E-state index contributed by atoms with van der Waals surface area (Å²) in [6.45, 7) is 0. The molecule has 0 aliphatic rings. The molecule has 16 heavy (non-hydrogen) atoms. The number of ketones is 1. The van der Waals surface area contributed by atoms with Gasteiger partial charge < -0.3 is 4.74 Å². The van der Waals surface area contributed by atoms with Gasteiger partial charge in [0, 0.05) is 11.2 Å². The van der Waals surface area contributed by atoms with Crippen LogP contribution in [-0.2, 0) is 0 Å². The van der Waals surface area contributed by atoms with Crippen LogP contribution in [0.15, 0.2) is 29.9 Å². The summed E-state index contributed by atoms with van der Waals surface area (Å²) >= 11 is 7.15. The Morgan fingerprint density at radius 3 is 2.94 bits per heavy atom. The summed E-state index contributed by atoms with van der Waals surface area (Å²) in [5.74, 6) is 0.393. The first-order valence-corrected chi connectivity index (χ1v) is 5.75. The molecule has 0 aliphatic carbocycles. The van der Waals surface area contributed by atoms with E-state index in [0.29, 0.717) is 21.2 Å². The SMILES string of the molecule is COc1ccc(Cl)cc1C(=O)c1cncs1. The zero-order chi connectivity index (χ0) is 11.5. The Hall–Kier alpha value is -1.39. The van der Waals surface area contributed by atoms with Gasteiger partial charge in [-0.05, 0) is 18.2 Å². The number of hydrogen-bond donors (Lipinski definition) is 0. The molecule has 0 radical (unpaired) electrons. The lowest BCUT2D eigenvalue weighted by Gasteiger charge is -2.06. The first kappa shape index (κ1) is 11.1. The van der Waals surface area contributed by atoms with Crippen molar-refractivity contribution < 1.29 is 9.53 Å². The van der Waals surface area contributed by atoms with Crippen molar-refractivity contribution in [3.05, 3.63) is 45.4 Å². The number of hydrogen-bond acceptors (Lipinski definition) is 4. The zero-order valence-electron chi connectivity index (χ0n) is 8.44. The van der Waals surface area contributed by atoms with Crippen LogP contribution in [0.25, 0.3) is 0 Å². The fourth-order valence-electron chi connectivity index (χ4n) is 1.32. The van der Waals surface area contributed by atoms with E-state index in [4.69, 9.17) is 16.3 Å². The molecule has 0 amide bonds. The third-order valence-corrected chi connectivity index (χ3v) is 3.07. The molecule has 0 atom stereocenters. The zero-order valence-corrected chi connectivity index (χ0v) is 10.0. The van der Waals surface area contributed by atoms with Crippen molar-refractivity contribution in [1.82, 2.24) is 4.98 Å². The Balaban J connectivity index is 2.47. The first-order valence-electron chi connectivity index (χ1n) is 4.49. The maximum atomic E-state index is 12.1. The summed E-state index contributed by atoms with van der Waals surface area (Å²) in [5, 5.41) is 0.508. The van der Waals surface area contributed by atoms with Gasteiger partial charge in [0.1, 0.15) is 5.75 Å². The molecule has 1 aromatic carbocycles.